The first kappa shape index (κ1) is 12.0. The average Bonchev–Trinajstić information content (AvgIpc) is 2.84. The highest BCUT2D eigenvalue weighted by Gasteiger charge is 2.56. The fourth-order valence-electron chi connectivity index (χ4n) is 3.43. The SMILES string of the molecule is CC(=O)NC1C2CN(c3cc(Cl)cc4[nH]ncc34)CC21. The van der Waals surface area contributed by atoms with Crippen molar-refractivity contribution < 1.29 is 4.79 Å². The highest BCUT2D eigenvalue weighted by molar-refractivity contribution is 6.31. The standard InChI is InChI=1S/C14H15ClN4O/c1-7(20)17-14-10-5-19(6-11(10)14)13-3-8(15)2-12-9(13)4-16-18-12/h2-4,10-11,14H,5-6H2,1H3,(H,16,18)(H,17,20). The van der Waals surface area contributed by atoms with Crippen LogP contribution in [0.15, 0.2) is 18.3 Å². The number of fused-ring (bicyclic) bond motifs is 2. The molecule has 0 radical (unpaired) electrons. The van der Waals surface area contributed by atoms with Gasteiger partial charge >= 0.3 is 0 Å². The average molecular weight is 291 g/mol. The first-order valence-corrected chi connectivity index (χ1v) is 7.16. The molecule has 1 saturated heterocycles. The van der Waals surface area contributed by atoms with Gasteiger partial charge in [0, 0.05) is 54.0 Å². The minimum atomic E-state index is 0.0657. The molecule has 2 atom stereocenters. The molecule has 1 aliphatic carbocycles. The van der Waals surface area contributed by atoms with E-state index in [2.05, 4.69) is 20.4 Å². The van der Waals surface area contributed by atoms with Crippen LogP contribution in [0.2, 0.25) is 5.02 Å². The van der Waals surface area contributed by atoms with Crippen LogP contribution >= 0.6 is 11.6 Å². The number of aromatic nitrogens is 2. The van der Waals surface area contributed by atoms with Crippen LogP contribution < -0.4 is 10.2 Å². The molecule has 4 rings (SSSR count). The fraction of sp³-hybridized carbons (Fsp3) is 0.429. The third-order valence-corrected chi connectivity index (χ3v) is 4.62. The van der Waals surface area contributed by atoms with E-state index < -0.39 is 0 Å². The molecule has 1 amide bonds. The molecule has 2 unspecified atom stereocenters. The van der Waals surface area contributed by atoms with Crippen molar-refractivity contribution in [2.45, 2.75) is 13.0 Å². The Morgan fingerprint density at radius 1 is 1.45 bits per heavy atom. The van der Waals surface area contributed by atoms with Crippen LogP contribution in [0.3, 0.4) is 0 Å². The predicted molar refractivity (Wildman–Crippen MR) is 77.9 cm³/mol. The molecule has 6 heteroatoms. The number of piperidine rings is 1. The van der Waals surface area contributed by atoms with E-state index >= 15 is 0 Å². The number of aromatic amines is 1. The van der Waals surface area contributed by atoms with Crippen LogP contribution in [-0.4, -0.2) is 35.2 Å². The minimum Gasteiger partial charge on any atom is -0.370 e. The van der Waals surface area contributed by atoms with Gasteiger partial charge in [0.05, 0.1) is 11.7 Å². The fourth-order valence-corrected chi connectivity index (χ4v) is 3.64. The zero-order valence-corrected chi connectivity index (χ0v) is 11.8. The van der Waals surface area contributed by atoms with Crippen LogP contribution in [0.1, 0.15) is 6.92 Å². The topological polar surface area (TPSA) is 61.0 Å². The Bertz CT molecular complexity index is 686. The Morgan fingerprint density at radius 2 is 2.20 bits per heavy atom. The third-order valence-electron chi connectivity index (χ3n) is 4.41. The number of halogens is 1. The number of nitrogens with one attached hydrogen (secondary N) is 2. The van der Waals surface area contributed by atoms with E-state index in [1.54, 1.807) is 6.92 Å². The Kier molecular flexibility index (Phi) is 2.48. The number of H-pyrrole nitrogens is 1. The summed E-state index contributed by atoms with van der Waals surface area (Å²) >= 11 is 6.17. The zero-order valence-electron chi connectivity index (χ0n) is 11.1. The van der Waals surface area contributed by atoms with Gasteiger partial charge < -0.3 is 10.2 Å². The van der Waals surface area contributed by atoms with E-state index in [0.717, 1.165) is 34.7 Å². The van der Waals surface area contributed by atoms with E-state index in [0.29, 0.717) is 17.9 Å². The summed E-state index contributed by atoms with van der Waals surface area (Å²) in [4.78, 5) is 13.5. The van der Waals surface area contributed by atoms with Gasteiger partial charge in [0.15, 0.2) is 0 Å². The number of hydrogen-bond donors (Lipinski definition) is 2. The molecule has 2 N–H and O–H groups in total. The number of carbonyl (C=O) groups is 1. The Balaban J connectivity index is 1.58. The van der Waals surface area contributed by atoms with Gasteiger partial charge in [-0.15, -0.1) is 0 Å². The maximum absolute atomic E-state index is 11.1. The summed E-state index contributed by atoms with van der Waals surface area (Å²) in [5.74, 6) is 1.20. The molecule has 0 spiro atoms. The van der Waals surface area contributed by atoms with Crippen molar-refractivity contribution in [3.8, 4) is 0 Å². The van der Waals surface area contributed by atoms with Crippen LogP contribution in [0, 0.1) is 11.8 Å². The lowest BCUT2D eigenvalue weighted by Gasteiger charge is -2.23. The van der Waals surface area contributed by atoms with Crippen LogP contribution in [0.4, 0.5) is 5.69 Å². The molecule has 2 fully saturated rings. The number of carbonyl (C=O) groups excluding carboxylic acids is 1. The summed E-state index contributed by atoms with van der Waals surface area (Å²) in [7, 11) is 0. The molecular formula is C14H15ClN4O. The van der Waals surface area contributed by atoms with E-state index in [-0.39, 0.29) is 5.91 Å². The smallest absolute Gasteiger partial charge is 0.217 e. The van der Waals surface area contributed by atoms with Gasteiger partial charge in [-0.3, -0.25) is 9.89 Å². The molecule has 2 heterocycles. The zero-order chi connectivity index (χ0) is 13.9. The summed E-state index contributed by atoms with van der Waals surface area (Å²) < 4.78 is 0. The van der Waals surface area contributed by atoms with E-state index in [1.807, 2.05) is 18.3 Å². The minimum absolute atomic E-state index is 0.0657. The van der Waals surface area contributed by atoms with Gasteiger partial charge in [-0.25, -0.2) is 0 Å². The highest BCUT2D eigenvalue weighted by Crippen LogP contribution is 2.48. The number of rotatable bonds is 2. The molecule has 2 aliphatic rings. The number of benzene rings is 1. The summed E-state index contributed by atoms with van der Waals surface area (Å²) in [5.41, 5.74) is 2.10. The third kappa shape index (κ3) is 1.77. The second kappa shape index (κ2) is 4.12. The predicted octanol–water partition coefficient (Wildman–Crippen LogP) is 1.79. The van der Waals surface area contributed by atoms with E-state index in [4.69, 9.17) is 11.6 Å². The first-order valence-electron chi connectivity index (χ1n) is 6.78. The molecule has 20 heavy (non-hydrogen) atoms. The molecule has 5 nitrogen and oxygen atoms in total. The number of amides is 1. The molecule has 1 aromatic heterocycles. The molecule has 2 aromatic rings. The Morgan fingerprint density at radius 3 is 2.90 bits per heavy atom. The van der Waals surface area contributed by atoms with Gasteiger partial charge in [0.1, 0.15) is 0 Å². The lowest BCUT2D eigenvalue weighted by Crippen LogP contribution is -2.33. The van der Waals surface area contributed by atoms with Crippen molar-refractivity contribution in [3.05, 3.63) is 23.4 Å². The van der Waals surface area contributed by atoms with Crippen molar-refractivity contribution >= 4 is 34.1 Å². The molecular weight excluding hydrogens is 276 g/mol. The number of hydrogen-bond acceptors (Lipinski definition) is 3. The lowest BCUT2D eigenvalue weighted by molar-refractivity contribution is -0.119. The molecule has 1 saturated carbocycles. The molecule has 0 bridgehead atoms. The normalized spacial score (nSPS) is 27.7. The van der Waals surface area contributed by atoms with Crippen molar-refractivity contribution in [1.82, 2.24) is 15.5 Å². The van der Waals surface area contributed by atoms with Crippen molar-refractivity contribution in [1.29, 1.82) is 0 Å². The van der Waals surface area contributed by atoms with E-state index in [1.165, 1.54) is 0 Å². The number of anilines is 1. The van der Waals surface area contributed by atoms with Crippen LogP contribution in [0.5, 0.6) is 0 Å². The van der Waals surface area contributed by atoms with Gasteiger partial charge in [-0.05, 0) is 12.1 Å². The maximum Gasteiger partial charge on any atom is 0.217 e. The van der Waals surface area contributed by atoms with Crippen LogP contribution in [-0.2, 0) is 4.79 Å². The summed E-state index contributed by atoms with van der Waals surface area (Å²) in [6.45, 7) is 3.52. The van der Waals surface area contributed by atoms with Crippen molar-refractivity contribution in [2.75, 3.05) is 18.0 Å². The van der Waals surface area contributed by atoms with Gasteiger partial charge in [0.2, 0.25) is 5.91 Å². The van der Waals surface area contributed by atoms with Gasteiger partial charge in [-0.1, -0.05) is 11.6 Å². The molecule has 1 aromatic carbocycles. The summed E-state index contributed by atoms with van der Waals surface area (Å²) in [6, 6.07) is 4.25. The van der Waals surface area contributed by atoms with E-state index in [9.17, 15) is 4.79 Å². The summed E-state index contributed by atoms with van der Waals surface area (Å²) in [5, 5.41) is 11.9. The van der Waals surface area contributed by atoms with Crippen molar-refractivity contribution in [2.24, 2.45) is 11.8 Å². The van der Waals surface area contributed by atoms with Crippen LogP contribution in [0.25, 0.3) is 10.9 Å². The lowest BCUT2D eigenvalue weighted by atomic mass is 10.2. The van der Waals surface area contributed by atoms with Crippen molar-refractivity contribution in [3.63, 3.8) is 0 Å². The monoisotopic (exact) mass is 290 g/mol. The van der Waals surface area contributed by atoms with Gasteiger partial charge in [0.25, 0.3) is 0 Å². The Hall–Kier alpha value is -1.75. The first-order chi connectivity index (χ1) is 9.63. The summed E-state index contributed by atoms with van der Waals surface area (Å²) in [6.07, 6.45) is 1.84. The second-order valence-electron chi connectivity index (χ2n) is 5.72. The number of nitrogens with zero attached hydrogens (tertiary/aromatic N) is 2. The largest absolute Gasteiger partial charge is 0.370 e. The Labute approximate surface area is 121 Å². The maximum atomic E-state index is 11.1. The quantitative estimate of drug-likeness (QED) is 0.886. The molecule has 104 valence electrons. The highest BCUT2D eigenvalue weighted by atomic mass is 35.5. The van der Waals surface area contributed by atoms with Gasteiger partial charge in [-0.2, -0.15) is 5.10 Å². The second-order valence-corrected chi connectivity index (χ2v) is 6.15. The molecule has 1 aliphatic heterocycles.